The van der Waals surface area contributed by atoms with E-state index in [-0.39, 0.29) is 29.6 Å². The summed E-state index contributed by atoms with van der Waals surface area (Å²) in [6, 6.07) is 10.4. The van der Waals surface area contributed by atoms with Crippen LogP contribution in [0.2, 0.25) is 0 Å². The fraction of sp³-hybridized carbons (Fsp3) is 0.652. The molecule has 2 aliphatic carbocycles. The van der Waals surface area contributed by atoms with Gasteiger partial charge >= 0.3 is 6.03 Å². The molecule has 0 unspecified atom stereocenters. The van der Waals surface area contributed by atoms with Crippen molar-refractivity contribution < 1.29 is 14.7 Å². The van der Waals surface area contributed by atoms with Gasteiger partial charge in [0.05, 0.1) is 17.7 Å². The van der Waals surface area contributed by atoms with E-state index in [0.717, 1.165) is 44.9 Å². The Morgan fingerprint density at radius 3 is 2.27 bits per heavy atom. The zero-order valence-corrected chi connectivity index (χ0v) is 18.1. The first-order chi connectivity index (χ1) is 14.4. The van der Waals surface area contributed by atoms with Crippen LogP contribution in [-0.4, -0.2) is 71.7 Å². The number of β-amino-alcohol motifs (C(OH)–C–C–N with tert-alkyl or cyclic N) is 1. The van der Waals surface area contributed by atoms with E-state index in [1.807, 2.05) is 18.0 Å². The molecule has 7 heteroatoms. The van der Waals surface area contributed by atoms with E-state index in [4.69, 9.17) is 0 Å². The predicted octanol–water partition coefficient (Wildman–Crippen LogP) is 1.81. The number of hydrogen-bond acceptors (Lipinski definition) is 4. The highest BCUT2D eigenvalue weighted by Gasteiger charge is 2.55. The lowest BCUT2D eigenvalue weighted by atomic mass is 9.68. The maximum atomic E-state index is 13.3. The Morgan fingerprint density at radius 2 is 1.73 bits per heavy atom. The second-order valence-corrected chi connectivity index (χ2v) is 9.40. The number of amides is 3. The molecule has 7 nitrogen and oxygen atoms in total. The first-order valence-corrected chi connectivity index (χ1v) is 11.1. The van der Waals surface area contributed by atoms with Gasteiger partial charge in [0.25, 0.3) is 0 Å². The molecular weight excluding hydrogens is 380 g/mol. The van der Waals surface area contributed by atoms with E-state index < -0.39 is 5.60 Å². The van der Waals surface area contributed by atoms with Gasteiger partial charge in [0.2, 0.25) is 5.91 Å². The van der Waals surface area contributed by atoms with Gasteiger partial charge in [0.15, 0.2) is 0 Å². The largest absolute Gasteiger partial charge is 0.388 e. The summed E-state index contributed by atoms with van der Waals surface area (Å²) < 4.78 is 0. The third-order valence-electron chi connectivity index (χ3n) is 7.75. The zero-order valence-electron chi connectivity index (χ0n) is 18.1. The summed E-state index contributed by atoms with van der Waals surface area (Å²) in [6.07, 6.45) is 5.99. The molecule has 1 spiro atoms. The van der Waals surface area contributed by atoms with E-state index in [0.29, 0.717) is 13.1 Å². The highest BCUT2D eigenvalue weighted by Crippen LogP contribution is 2.48. The van der Waals surface area contributed by atoms with Crippen molar-refractivity contribution >= 4 is 11.9 Å². The van der Waals surface area contributed by atoms with Crippen LogP contribution in [0.15, 0.2) is 30.3 Å². The Balaban J connectivity index is 1.58. The minimum atomic E-state index is -0.775. The second-order valence-electron chi connectivity index (χ2n) is 9.40. The van der Waals surface area contributed by atoms with Crippen molar-refractivity contribution in [3.05, 3.63) is 35.9 Å². The van der Waals surface area contributed by atoms with Crippen LogP contribution in [0.25, 0.3) is 0 Å². The molecule has 1 aromatic rings. The number of nitrogens with zero attached hydrogens (tertiary/aromatic N) is 2. The Hall–Kier alpha value is -2.12. The van der Waals surface area contributed by atoms with Crippen molar-refractivity contribution in [1.29, 1.82) is 0 Å². The normalized spacial score (nSPS) is 30.4. The summed E-state index contributed by atoms with van der Waals surface area (Å²) in [6.45, 7) is 0.986. The molecule has 1 aliphatic heterocycles. The SMILES string of the molecule is CNC(=O)CN1C[C@]2(CC[C@@](NC)(c3ccccc3)CC2)N(CC2(O)CCC2)C1=O. The standard InChI is InChI=1S/C23H34N4O3/c1-24-19(28)15-26-16-21(27(20(26)29)17-22(30)9-6-10-22)11-13-23(25-2,14-12-21)18-7-4-3-5-8-18/h3-5,7-8,25,30H,6,9-17H2,1-2H3,(H,24,28)/t21-,23+. The molecule has 0 atom stereocenters. The molecule has 3 fully saturated rings. The van der Waals surface area contributed by atoms with E-state index in [2.05, 4.69) is 34.9 Å². The molecule has 3 aliphatic rings. The van der Waals surface area contributed by atoms with Crippen LogP contribution >= 0.6 is 0 Å². The summed E-state index contributed by atoms with van der Waals surface area (Å²) >= 11 is 0. The maximum Gasteiger partial charge on any atom is 0.321 e. The molecule has 1 aromatic carbocycles. The van der Waals surface area contributed by atoms with Crippen LogP contribution in [0, 0.1) is 0 Å². The lowest BCUT2D eigenvalue weighted by Crippen LogP contribution is -2.59. The van der Waals surface area contributed by atoms with Crippen LogP contribution in [0.4, 0.5) is 4.79 Å². The van der Waals surface area contributed by atoms with Gasteiger partial charge in [-0.25, -0.2) is 4.79 Å². The zero-order chi connectivity index (χ0) is 21.4. The number of rotatable bonds is 6. The van der Waals surface area contributed by atoms with Gasteiger partial charge < -0.3 is 25.5 Å². The molecule has 0 aromatic heterocycles. The second kappa shape index (κ2) is 7.85. The number of carbonyl (C=O) groups excluding carboxylic acids is 2. The molecule has 30 heavy (non-hydrogen) atoms. The summed E-state index contributed by atoms with van der Waals surface area (Å²) in [5, 5.41) is 17.0. The Bertz CT molecular complexity index is 785. The molecule has 0 bridgehead atoms. The highest BCUT2D eigenvalue weighted by atomic mass is 16.3. The first kappa shape index (κ1) is 21.1. The minimum Gasteiger partial charge on any atom is -0.388 e. The maximum absolute atomic E-state index is 13.3. The monoisotopic (exact) mass is 414 g/mol. The van der Waals surface area contributed by atoms with Gasteiger partial charge in [-0.3, -0.25) is 4.79 Å². The van der Waals surface area contributed by atoms with E-state index in [9.17, 15) is 14.7 Å². The van der Waals surface area contributed by atoms with Crippen LogP contribution in [0.1, 0.15) is 50.5 Å². The lowest BCUT2D eigenvalue weighted by Gasteiger charge is -2.50. The summed E-state index contributed by atoms with van der Waals surface area (Å²) in [4.78, 5) is 28.9. The average Bonchev–Trinajstić information content (AvgIpc) is 2.99. The Labute approximate surface area is 178 Å². The average molecular weight is 415 g/mol. The van der Waals surface area contributed by atoms with Gasteiger partial charge in [-0.2, -0.15) is 0 Å². The smallest absolute Gasteiger partial charge is 0.321 e. The predicted molar refractivity (Wildman–Crippen MR) is 115 cm³/mol. The van der Waals surface area contributed by atoms with Crippen LogP contribution < -0.4 is 10.6 Å². The lowest BCUT2D eigenvalue weighted by molar-refractivity contribution is -0.121. The molecule has 3 amide bonds. The summed E-state index contributed by atoms with van der Waals surface area (Å²) in [5.74, 6) is -0.160. The molecular formula is C23H34N4O3. The van der Waals surface area contributed by atoms with Crippen molar-refractivity contribution in [2.45, 2.75) is 61.6 Å². The van der Waals surface area contributed by atoms with Gasteiger partial charge in [-0.05, 0) is 57.6 Å². The van der Waals surface area contributed by atoms with Crippen molar-refractivity contribution in [3.63, 3.8) is 0 Å². The van der Waals surface area contributed by atoms with Crippen LogP contribution in [0.3, 0.4) is 0 Å². The number of benzene rings is 1. The summed E-state index contributed by atoms with van der Waals surface area (Å²) in [7, 11) is 3.60. The Morgan fingerprint density at radius 1 is 1.07 bits per heavy atom. The minimum absolute atomic E-state index is 0.0713. The molecule has 0 radical (unpaired) electrons. The number of urea groups is 1. The number of likely N-dealkylation sites (N-methyl/N-ethyl adjacent to an activating group) is 1. The number of hydrogen-bond donors (Lipinski definition) is 3. The van der Waals surface area contributed by atoms with Crippen molar-refractivity contribution in [3.8, 4) is 0 Å². The van der Waals surface area contributed by atoms with Gasteiger partial charge in [0.1, 0.15) is 6.54 Å². The third kappa shape index (κ3) is 3.58. The molecule has 1 heterocycles. The Kier molecular flexibility index (Phi) is 5.53. The molecule has 2 saturated carbocycles. The fourth-order valence-electron chi connectivity index (χ4n) is 5.54. The van der Waals surface area contributed by atoms with Gasteiger partial charge in [0, 0.05) is 19.1 Å². The van der Waals surface area contributed by atoms with E-state index in [1.165, 1.54) is 5.56 Å². The molecule has 164 valence electrons. The highest BCUT2D eigenvalue weighted by molar-refractivity contribution is 5.85. The molecule has 4 rings (SSSR count). The fourth-order valence-corrected chi connectivity index (χ4v) is 5.54. The van der Waals surface area contributed by atoms with Crippen molar-refractivity contribution in [2.24, 2.45) is 0 Å². The van der Waals surface area contributed by atoms with E-state index in [1.54, 1.807) is 11.9 Å². The van der Waals surface area contributed by atoms with Crippen molar-refractivity contribution in [2.75, 3.05) is 33.7 Å². The van der Waals surface area contributed by atoms with Gasteiger partial charge in [-0.1, -0.05) is 30.3 Å². The van der Waals surface area contributed by atoms with Gasteiger partial charge in [-0.15, -0.1) is 0 Å². The molecule has 3 N–H and O–H groups in total. The number of aliphatic hydroxyl groups is 1. The quantitative estimate of drug-likeness (QED) is 0.663. The van der Waals surface area contributed by atoms with E-state index >= 15 is 0 Å². The number of nitrogens with one attached hydrogen (secondary N) is 2. The number of carbonyl (C=O) groups is 2. The summed E-state index contributed by atoms with van der Waals surface area (Å²) in [5.41, 5.74) is 0.0647. The third-order valence-corrected chi connectivity index (χ3v) is 7.75. The topological polar surface area (TPSA) is 84.9 Å². The first-order valence-electron chi connectivity index (χ1n) is 11.1. The van der Waals surface area contributed by atoms with Crippen molar-refractivity contribution in [1.82, 2.24) is 20.4 Å². The van der Waals surface area contributed by atoms with Crippen LogP contribution in [0.5, 0.6) is 0 Å². The van der Waals surface area contributed by atoms with Crippen LogP contribution in [-0.2, 0) is 10.3 Å². The molecule has 1 saturated heterocycles.